The Morgan fingerprint density at radius 3 is 2.68 bits per heavy atom. The van der Waals surface area contributed by atoms with Crippen LogP contribution < -0.4 is 0 Å². The van der Waals surface area contributed by atoms with E-state index in [1.165, 1.54) is 0 Å². The van der Waals surface area contributed by atoms with E-state index in [1.54, 1.807) is 0 Å². The standard InChI is InChI=1S/C26H26N4O/c1-26(2)12-7-13-30(17-26)25(31)22-11-6-10-21(28-22)20-14-19-15-23(29-24(19)27-16-20)18-8-4-3-5-9-18/h3-6,8-11,14-16H,7,12-13,17H2,1-2H3,(H,27,29). The molecule has 0 aliphatic carbocycles. The SMILES string of the molecule is CC1(C)CCCN(C(=O)c2cccc(-c3cnc4[nH]c(-c5ccccc5)cc4c3)n2)C1. The van der Waals surface area contributed by atoms with Crippen molar-refractivity contribution >= 4 is 16.9 Å². The number of rotatable bonds is 3. The zero-order valence-electron chi connectivity index (χ0n) is 17.9. The fraction of sp³-hybridized carbons (Fsp3) is 0.269. The number of amides is 1. The number of pyridine rings is 2. The first-order chi connectivity index (χ1) is 15.0. The summed E-state index contributed by atoms with van der Waals surface area (Å²) in [4.78, 5) is 27.7. The summed E-state index contributed by atoms with van der Waals surface area (Å²) in [6.45, 7) is 6.01. The van der Waals surface area contributed by atoms with E-state index in [0.29, 0.717) is 5.69 Å². The molecule has 0 bridgehead atoms. The lowest BCUT2D eigenvalue weighted by Crippen LogP contribution is -2.43. The van der Waals surface area contributed by atoms with Gasteiger partial charge in [0.1, 0.15) is 11.3 Å². The van der Waals surface area contributed by atoms with Gasteiger partial charge in [-0.05, 0) is 48.1 Å². The van der Waals surface area contributed by atoms with Crippen LogP contribution in [-0.2, 0) is 0 Å². The van der Waals surface area contributed by atoms with Gasteiger partial charge in [0.15, 0.2) is 0 Å². The summed E-state index contributed by atoms with van der Waals surface area (Å²) in [6, 6.07) is 20.0. The van der Waals surface area contributed by atoms with Crippen molar-refractivity contribution in [3.8, 4) is 22.5 Å². The van der Waals surface area contributed by atoms with Gasteiger partial charge < -0.3 is 9.88 Å². The van der Waals surface area contributed by atoms with Crippen molar-refractivity contribution in [3.05, 3.63) is 72.6 Å². The second-order valence-corrected chi connectivity index (χ2v) is 9.11. The summed E-state index contributed by atoms with van der Waals surface area (Å²) in [5, 5.41) is 1.02. The van der Waals surface area contributed by atoms with Gasteiger partial charge in [-0.25, -0.2) is 9.97 Å². The maximum Gasteiger partial charge on any atom is 0.272 e. The lowest BCUT2D eigenvalue weighted by molar-refractivity contribution is 0.0578. The van der Waals surface area contributed by atoms with Crippen molar-refractivity contribution in [1.82, 2.24) is 19.9 Å². The molecular weight excluding hydrogens is 384 g/mol. The number of H-pyrrole nitrogens is 1. The van der Waals surface area contributed by atoms with Gasteiger partial charge in [-0.1, -0.05) is 50.2 Å². The van der Waals surface area contributed by atoms with Gasteiger partial charge in [-0.2, -0.15) is 0 Å². The number of hydrogen-bond acceptors (Lipinski definition) is 3. The lowest BCUT2D eigenvalue weighted by atomic mass is 9.84. The van der Waals surface area contributed by atoms with Crippen LogP contribution in [0.2, 0.25) is 0 Å². The largest absolute Gasteiger partial charge is 0.339 e. The summed E-state index contributed by atoms with van der Waals surface area (Å²) in [7, 11) is 0. The maximum absolute atomic E-state index is 13.1. The van der Waals surface area contributed by atoms with Crippen molar-refractivity contribution in [3.63, 3.8) is 0 Å². The molecular formula is C26H26N4O. The third-order valence-corrected chi connectivity index (χ3v) is 6.01. The van der Waals surface area contributed by atoms with Crippen molar-refractivity contribution in [2.45, 2.75) is 26.7 Å². The third-order valence-electron chi connectivity index (χ3n) is 6.01. The smallest absolute Gasteiger partial charge is 0.272 e. The highest BCUT2D eigenvalue weighted by Crippen LogP contribution is 2.30. The van der Waals surface area contributed by atoms with E-state index in [9.17, 15) is 4.79 Å². The van der Waals surface area contributed by atoms with Crippen LogP contribution >= 0.6 is 0 Å². The number of fused-ring (bicyclic) bond motifs is 1. The highest BCUT2D eigenvalue weighted by molar-refractivity contribution is 5.93. The Morgan fingerprint density at radius 1 is 1.03 bits per heavy atom. The first-order valence-corrected chi connectivity index (χ1v) is 10.8. The van der Waals surface area contributed by atoms with Crippen LogP contribution in [0, 0.1) is 5.41 Å². The van der Waals surface area contributed by atoms with E-state index in [1.807, 2.05) is 47.5 Å². The van der Waals surface area contributed by atoms with Gasteiger partial charge >= 0.3 is 0 Å². The van der Waals surface area contributed by atoms with Crippen LogP contribution in [0.5, 0.6) is 0 Å². The number of carbonyl (C=O) groups is 1. The summed E-state index contributed by atoms with van der Waals surface area (Å²) < 4.78 is 0. The highest BCUT2D eigenvalue weighted by Gasteiger charge is 2.30. The number of piperidine rings is 1. The number of benzene rings is 1. The monoisotopic (exact) mass is 410 g/mol. The van der Waals surface area contributed by atoms with Crippen LogP contribution in [0.25, 0.3) is 33.5 Å². The molecule has 1 N–H and O–H groups in total. The van der Waals surface area contributed by atoms with Crippen molar-refractivity contribution < 1.29 is 4.79 Å². The molecule has 4 aromatic rings. The van der Waals surface area contributed by atoms with E-state index in [0.717, 1.165) is 59.5 Å². The van der Waals surface area contributed by atoms with Crippen LogP contribution in [0.3, 0.4) is 0 Å². The summed E-state index contributed by atoms with van der Waals surface area (Å²) in [5.74, 6) is 0.0108. The second-order valence-electron chi connectivity index (χ2n) is 9.11. The minimum atomic E-state index is 0.0108. The van der Waals surface area contributed by atoms with Gasteiger partial charge in [-0.3, -0.25) is 4.79 Å². The highest BCUT2D eigenvalue weighted by atomic mass is 16.2. The fourth-order valence-electron chi connectivity index (χ4n) is 4.40. The minimum absolute atomic E-state index is 0.0108. The molecule has 5 rings (SSSR count). The number of hydrogen-bond donors (Lipinski definition) is 1. The summed E-state index contributed by atoms with van der Waals surface area (Å²) in [6.07, 6.45) is 4.00. The number of carbonyl (C=O) groups excluding carboxylic acids is 1. The average Bonchev–Trinajstić information content (AvgIpc) is 3.22. The minimum Gasteiger partial charge on any atom is -0.339 e. The Kier molecular flexibility index (Phi) is 4.81. The molecule has 3 aromatic heterocycles. The quantitative estimate of drug-likeness (QED) is 0.481. The molecule has 5 heteroatoms. The Hall–Kier alpha value is -3.47. The van der Waals surface area contributed by atoms with E-state index in [4.69, 9.17) is 4.98 Å². The Morgan fingerprint density at radius 2 is 1.87 bits per heavy atom. The van der Waals surface area contributed by atoms with E-state index >= 15 is 0 Å². The molecule has 0 radical (unpaired) electrons. The van der Waals surface area contributed by atoms with E-state index in [2.05, 4.69) is 48.1 Å². The number of aromatic nitrogens is 3. The predicted molar refractivity (Wildman–Crippen MR) is 124 cm³/mol. The molecule has 31 heavy (non-hydrogen) atoms. The molecule has 1 amide bonds. The zero-order chi connectivity index (χ0) is 21.4. The summed E-state index contributed by atoms with van der Waals surface area (Å²) >= 11 is 0. The van der Waals surface area contributed by atoms with Gasteiger partial charge in [-0.15, -0.1) is 0 Å². The van der Waals surface area contributed by atoms with E-state index < -0.39 is 0 Å². The summed E-state index contributed by atoms with van der Waals surface area (Å²) in [5.41, 5.74) is 5.31. The third kappa shape index (κ3) is 3.96. The van der Waals surface area contributed by atoms with Crippen LogP contribution in [0.1, 0.15) is 37.2 Å². The van der Waals surface area contributed by atoms with Crippen molar-refractivity contribution in [2.24, 2.45) is 5.41 Å². The molecule has 0 saturated carbocycles. The Labute approximate surface area is 182 Å². The topological polar surface area (TPSA) is 61.9 Å². The molecule has 1 fully saturated rings. The van der Waals surface area contributed by atoms with Crippen molar-refractivity contribution in [1.29, 1.82) is 0 Å². The van der Waals surface area contributed by atoms with Gasteiger partial charge in [0.2, 0.25) is 0 Å². The van der Waals surface area contributed by atoms with Crippen molar-refractivity contribution in [2.75, 3.05) is 13.1 Å². The molecule has 5 nitrogen and oxygen atoms in total. The molecule has 1 aromatic carbocycles. The second kappa shape index (κ2) is 7.65. The molecule has 0 spiro atoms. The van der Waals surface area contributed by atoms with Gasteiger partial charge in [0.25, 0.3) is 5.91 Å². The zero-order valence-corrected chi connectivity index (χ0v) is 17.9. The fourth-order valence-corrected chi connectivity index (χ4v) is 4.40. The number of nitrogens with zero attached hydrogens (tertiary/aromatic N) is 3. The molecule has 1 saturated heterocycles. The van der Waals surface area contributed by atoms with Gasteiger partial charge in [0, 0.05) is 35.9 Å². The Balaban J connectivity index is 1.44. The Bertz CT molecular complexity index is 1240. The van der Waals surface area contributed by atoms with Crippen LogP contribution in [-0.4, -0.2) is 38.8 Å². The number of aromatic amines is 1. The lowest BCUT2D eigenvalue weighted by Gasteiger charge is -2.37. The van der Waals surface area contributed by atoms with Crippen LogP contribution in [0.15, 0.2) is 66.9 Å². The molecule has 4 heterocycles. The predicted octanol–water partition coefficient (Wildman–Crippen LogP) is 5.55. The average molecular weight is 411 g/mol. The first kappa shape index (κ1) is 19.5. The maximum atomic E-state index is 13.1. The number of nitrogens with one attached hydrogen (secondary N) is 1. The van der Waals surface area contributed by atoms with Crippen LogP contribution in [0.4, 0.5) is 0 Å². The normalized spacial score (nSPS) is 15.9. The molecule has 1 aliphatic rings. The molecule has 156 valence electrons. The molecule has 0 unspecified atom stereocenters. The molecule has 0 atom stereocenters. The molecule has 1 aliphatic heterocycles. The number of likely N-dealkylation sites (tertiary alicyclic amines) is 1. The van der Waals surface area contributed by atoms with E-state index in [-0.39, 0.29) is 11.3 Å². The first-order valence-electron chi connectivity index (χ1n) is 10.8. The van der Waals surface area contributed by atoms with Gasteiger partial charge in [0.05, 0.1) is 5.69 Å².